The van der Waals surface area contributed by atoms with Crippen molar-refractivity contribution in [3.8, 4) is 5.75 Å². The smallest absolute Gasteiger partial charge is 0.142 e. The van der Waals surface area contributed by atoms with Crippen molar-refractivity contribution in [2.24, 2.45) is 5.92 Å². The Labute approximate surface area is 122 Å². The van der Waals surface area contributed by atoms with Crippen LogP contribution in [0.3, 0.4) is 0 Å². The number of halogens is 2. The fourth-order valence-corrected chi connectivity index (χ4v) is 3.11. The molecule has 1 aliphatic carbocycles. The predicted octanol–water partition coefficient (Wildman–Crippen LogP) is 3.18. The SMILES string of the molecule is OC(CNC1CCOc2c(Cl)cc(Cl)cc21)C1CC1. The van der Waals surface area contributed by atoms with E-state index in [4.69, 9.17) is 27.9 Å². The lowest BCUT2D eigenvalue weighted by Crippen LogP contribution is -2.34. The summed E-state index contributed by atoms with van der Waals surface area (Å²) in [6.07, 6.45) is 2.90. The second kappa shape index (κ2) is 5.49. The average Bonchev–Trinajstić information content (AvgIpc) is 3.20. The molecule has 1 heterocycles. The van der Waals surface area contributed by atoms with Gasteiger partial charge in [0.25, 0.3) is 0 Å². The van der Waals surface area contributed by atoms with Crippen LogP contribution < -0.4 is 10.1 Å². The summed E-state index contributed by atoms with van der Waals surface area (Å²) in [5, 5.41) is 14.5. The summed E-state index contributed by atoms with van der Waals surface area (Å²) < 4.78 is 5.61. The topological polar surface area (TPSA) is 41.5 Å². The van der Waals surface area contributed by atoms with Crippen LogP contribution in [0.1, 0.15) is 30.9 Å². The van der Waals surface area contributed by atoms with Gasteiger partial charge in [-0.15, -0.1) is 0 Å². The van der Waals surface area contributed by atoms with Gasteiger partial charge in [-0.2, -0.15) is 0 Å². The van der Waals surface area contributed by atoms with Crippen LogP contribution in [0.4, 0.5) is 0 Å². The van der Waals surface area contributed by atoms with E-state index < -0.39 is 0 Å². The molecule has 3 nitrogen and oxygen atoms in total. The molecule has 0 bridgehead atoms. The largest absolute Gasteiger partial charge is 0.492 e. The first-order chi connectivity index (χ1) is 9.15. The molecular formula is C14H17Cl2NO2. The van der Waals surface area contributed by atoms with Crippen molar-refractivity contribution in [2.45, 2.75) is 31.4 Å². The Morgan fingerprint density at radius 1 is 1.32 bits per heavy atom. The zero-order valence-corrected chi connectivity index (χ0v) is 12.0. The van der Waals surface area contributed by atoms with Crippen molar-refractivity contribution < 1.29 is 9.84 Å². The highest BCUT2D eigenvalue weighted by atomic mass is 35.5. The summed E-state index contributed by atoms with van der Waals surface area (Å²) in [6.45, 7) is 1.24. The number of aliphatic hydroxyl groups is 1. The molecule has 2 unspecified atom stereocenters. The van der Waals surface area contributed by atoms with Gasteiger partial charge in [0.2, 0.25) is 0 Å². The molecule has 2 atom stereocenters. The lowest BCUT2D eigenvalue weighted by Gasteiger charge is -2.28. The third-order valence-electron chi connectivity index (χ3n) is 3.80. The standard InChI is InChI=1S/C14H17Cl2NO2/c15-9-5-10-12(17-7-13(18)8-1-2-8)3-4-19-14(10)11(16)6-9/h5-6,8,12-13,17-18H,1-4,7H2. The fraction of sp³-hybridized carbons (Fsp3) is 0.571. The third kappa shape index (κ3) is 3.00. The minimum atomic E-state index is -0.249. The van der Waals surface area contributed by atoms with Gasteiger partial charge >= 0.3 is 0 Å². The Morgan fingerprint density at radius 2 is 2.11 bits per heavy atom. The van der Waals surface area contributed by atoms with Crippen molar-refractivity contribution >= 4 is 23.2 Å². The molecule has 1 aromatic carbocycles. The van der Waals surface area contributed by atoms with Gasteiger partial charge in [-0.3, -0.25) is 0 Å². The van der Waals surface area contributed by atoms with Crippen LogP contribution in [0.15, 0.2) is 12.1 Å². The van der Waals surface area contributed by atoms with Crippen molar-refractivity contribution in [1.82, 2.24) is 5.32 Å². The van der Waals surface area contributed by atoms with E-state index >= 15 is 0 Å². The summed E-state index contributed by atoms with van der Waals surface area (Å²) in [4.78, 5) is 0. The second-order valence-electron chi connectivity index (χ2n) is 5.31. The van der Waals surface area contributed by atoms with Crippen LogP contribution in [-0.2, 0) is 0 Å². The molecule has 0 radical (unpaired) electrons. The Balaban J connectivity index is 1.73. The lowest BCUT2D eigenvalue weighted by atomic mass is 10.00. The molecule has 1 saturated carbocycles. The van der Waals surface area contributed by atoms with E-state index in [1.807, 2.05) is 6.07 Å². The van der Waals surface area contributed by atoms with Gasteiger partial charge in [0.1, 0.15) is 5.75 Å². The van der Waals surface area contributed by atoms with Gasteiger partial charge in [0, 0.05) is 29.6 Å². The number of rotatable bonds is 4. The molecule has 1 aromatic rings. The summed E-state index contributed by atoms with van der Waals surface area (Å²) >= 11 is 12.2. The van der Waals surface area contributed by atoms with Crippen molar-refractivity contribution in [3.05, 3.63) is 27.7 Å². The summed E-state index contributed by atoms with van der Waals surface area (Å²) in [6, 6.07) is 3.74. The highest BCUT2D eigenvalue weighted by molar-refractivity contribution is 6.35. The molecule has 0 aromatic heterocycles. The maximum Gasteiger partial charge on any atom is 0.142 e. The fourth-order valence-electron chi connectivity index (χ4n) is 2.55. The summed E-state index contributed by atoms with van der Waals surface area (Å²) in [5.74, 6) is 1.20. The maximum atomic E-state index is 9.93. The first-order valence-electron chi connectivity index (χ1n) is 6.68. The van der Waals surface area contributed by atoms with Crippen molar-refractivity contribution in [2.75, 3.05) is 13.2 Å². The van der Waals surface area contributed by atoms with Crippen LogP contribution in [0.25, 0.3) is 0 Å². The highest BCUT2D eigenvalue weighted by Gasteiger charge is 2.31. The molecule has 0 amide bonds. The van der Waals surface area contributed by atoms with E-state index in [2.05, 4.69) is 5.32 Å². The molecular weight excluding hydrogens is 285 g/mol. The number of aliphatic hydroxyl groups excluding tert-OH is 1. The third-order valence-corrected chi connectivity index (χ3v) is 4.30. The predicted molar refractivity (Wildman–Crippen MR) is 76.0 cm³/mol. The number of hydrogen-bond donors (Lipinski definition) is 2. The molecule has 2 aliphatic rings. The zero-order chi connectivity index (χ0) is 13.4. The molecule has 19 heavy (non-hydrogen) atoms. The molecule has 3 rings (SSSR count). The van der Waals surface area contributed by atoms with Gasteiger partial charge < -0.3 is 15.2 Å². The van der Waals surface area contributed by atoms with Gasteiger partial charge in [-0.1, -0.05) is 23.2 Å². The monoisotopic (exact) mass is 301 g/mol. The minimum Gasteiger partial charge on any atom is -0.492 e. The van der Waals surface area contributed by atoms with E-state index in [9.17, 15) is 5.11 Å². The van der Waals surface area contributed by atoms with E-state index in [1.54, 1.807) is 6.07 Å². The number of ether oxygens (including phenoxy) is 1. The van der Waals surface area contributed by atoms with Crippen molar-refractivity contribution in [1.29, 1.82) is 0 Å². The summed E-state index contributed by atoms with van der Waals surface area (Å²) in [5.41, 5.74) is 0.992. The van der Waals surface area contributed by atoms with E-state index in [0.717, 1.165) is 30.6 Å². The zero-order valence-electron chi connectivity index (χ0n) is 10.5. The Bertz CT molecular complexity index is 477. The molecule has 104 valence electrons. The molecule has 1 aliphatic heterocycles. The summed E-state index contributed by atoms with van der Waals surface area (Å²) in [7, 11) is 0. The Morgan fingerprint density at radius 3 is 2.84 bits per heavy atom. The van der Waals surface area contributed by atoms with Gasteiger partial charge in [0.05, 0.1) is 17.7 Å². The number of nitrogens with one attached hydrogen (secondary N) is 1. The van der Waals surface area contributed by atoms with Crippen LogP contribution in [0, 0.1) is 5.92 Å². The second-order valence-corrected chi connectivity index (χ2v) is 6.15. The van der Waals surface area contributed by atoms with Crippen LogP contribution >= 0.6 is 23.2 Å². The quantitative estimate of drug-likeness (QED) is 0.897. The molecule has 0 saturated heterocycles. The Hall–Kier alpha value is -0.480. The van der Waals surface area contributed by atoms with Crippen LogP contribution in [-0.4, -0.2) is 24.4 Å². The van der Waals surface area contributed by atoms with Gasteiger partial charge in [-0.25, -0.2) is 0 Å². The number of benzene rings is 1. The first-order valence-corrected chi connectivity index (χ1v) is 7.44. The normalized spacial score (nSPS) is 23.6. The molecule has 1 fully saturated rings. The number of fused-ring (bicyclic) bond motifs is 1. The van der Waals surface area contributed by atoms with Crippen LogP contribution in [0.2, 0.25) is 10.0 Å². The van der Waals surface area contributed by atoms with E-state index in [1.165, 1.54) is 0 Å². The molecule has 5 heteroatoms. The van der Waals surface area contributed by atoms with Crippen molar-refractivity contribution in [3.63, 3.8) is 0 Å². The molecule has 0 spiro atoms. The maximum absolute atomic E-state index is 9.93. The number of hydrogen-bond acceptors (Lipinski definition) is 3. The average molecular weight is 302 g/mol. The van der Waals surface area contributed by atoms with Gasteiger partial charge in [-0.05, 0) is 30.9 Å². The van der Waals surface area contributed by atoms with Gasteiger partial charge in [0.15, 0.2) is 0 Å². The van der Waals surface area contributed by atoms with E-state index in [0.29, 0.717) is 29.1 Å². The van der Waals surface area contributed by atoms with E-state index in [-0.39, 0.29) is 12.1 Å². The highest BCUT2D eigenvalue weighted by Crippen LogP contribution is 2.40. The molecule has 2 N–H and O–H groups in total. The lowest BCUT2D eigenvalue weighted by molar-refractivity contribution is 0.139. The first kappa shape index (κ1) is 13.5. The van der Waals surface area contributed by atoms with Crippen LogP contribution in [0.5, 0.6) is 5.75 Å². The Kier molecular flexibility index (Phi) is 3.90. The minimum absolute atomic E-state index is 0.147.